The highest BCUT2D eigenvalue weighted by molar-refractivity contribution is 6.08. The maximum absolute atomic E-state index is 14.4. The number of likely N-dealkylation sites (N-methyl/N-ethyl adjacent to an activating group) is 1. The van der Waals surface area contributed by atoms with E-state index in [0.717, 1.165) is 50.6 Å². The minimum Gasteiger partial charge on any atom is -0.396 e. The van der Waals surface area contributed by atoms with Crippen LogP contribution in [-0.2, 0) is 20.9 Å². The highest BCUT2D eigenvalue weighted by atomic mass is 16.3. The third kappa shape index (κ3) is 13.1. The van der Waals surface area contributed by atoms with Gasteiger partial charge in [0, 0.05) is 55.1 Å². The molecule has 1 aliphatic rings. The summed E-state index contributed by atoms with van der Waals surface area (Å²) in [7, 11) is 0. The van der Waals surface area contributed by atoms with Crippen molar-refractivity contribution >= 4 is 23.4 Å². The second kappa shape index (κ2) is 22.5. The van der Waals surface area contributed by atoms with Gasteiger partial charge in [-0.15, -0.1) is 0 Å². The number of benzene rings is 2. The van der Waals surface area contributed by atoms with Gasteiger partial charge < -0.3 is 25.7 Å². The van der Waals surface area contributed by atoms with Crippen molar-refractivity contribution in [3.63, 3.8) is 0 Å². The molecule has 9 heteroatoms. The fraction of sp³-hybridized carbons (Fsp3) is 0.660. The molecule has 1 fully saturated rings. The quantitative estimate of drug-likeness (QED) is 0.0887. The van der Waals surface area contributed by atoms with Gasteiger partial charge in [0.1, 0.15) is 5.78 Å². The molecule has 0 radical (unpaired) electrons. The Hall–Kier alpha value is -3.40. The van der Waals surface area contributed by atoms with Crippen molar-refractivity contribution in [1.82, 2.24) is 15.5 Å². The van der Waals surface area contributed by atoms with Gasteiger partial charge in [0.2, 0.25) is 11.8 Å². The van der Waals surface area contributed by atoms with Crippen LogP contribution in [0.15, 0.2) is 54.6 Å². The van der Waals surface area contributed by atoms with Crippen molar-refractivity contribution in [1.29, 1.82) is 0 Å². The monoisotopic (exact) mass is 778 g/mol. The fourth-order valence-corrected chi connectivity index (χ4v) is 8.36. The highest BCUT2D eigenvalue weighted by Gasteiger charge is 2.51. The zero-order valence-corrected chi connectivity index (χ0v) is 36.5. The Morgan fingerprint density at radius 1 is 0.857 bits per heavy atom. The number of hydrogen-bond acceptors (Lipinski definition) is 7. The Morgan fingerprint density at radius 3 is 1.88 bits per heavy atom. The zero-order chi connectivity index (χ0) is 42.3. The number of likely N-dealkylation sites (tertiary alicyclic amines) is 1. The number of Topliss-reactive ketones (excluding diaryl/α,β-unsaturated/α-hetero) is 1. The van der Waals surface area contributed by atoms with Crippen LogP contribution in [0, 0.1) is 28.6 Å². The van der Waals surface area contributed by atoms with E-state index in [1.807, 2.05) is 51.1 Å². The van der Waals surface area contributed by atoms with Gasteiger partial charge in [-0.05, 0) is 81.2 Å². The molecule has 1 heterocycles. The molecule has 0 aromatic heterocycles. The second-order valence-electron chi connectivity index (χ2n) is 17.2. The molecular formula is C47H75N3O6. The number of ketones is 2. The van der Waals surface area contributed by atoms with Crippen LogP contribution in [0.2, 0.25) is 0 Å². The van der Waals surface area contributed by atoms with Crippen molar-refractivity contribution in [2.24, 2.45) is 28.6 Å². The molecule has 4 N–H and O–H groups in total. The SMILES string of the molecule is CC(C)(O)CCO.CCNC(C(=O)NCc1ccc(C(=O)c2ccccc2)cc1)C(C(=O)C(C)C)C(C)(CC)C(CC)CC(N1CCCC1=O)C(C)(CC)CC. The van der Waals surface area contributed by atoms with Gasteiger partial charge in [-0.1, -0.05) is 123 Å². The smallest absolute Gasteiger partial charge is 0.238 e. The van der Waals surface area contributed by atoms with Crippen molar-refractivity contribution in [2.75, 3.05) is 19.7 Å². The Labute approximate surface area is 338 Å². The first kappa shape index (κ1) is 48.7. The summed E-state index contributed by atoms with van der Waals surface area (Å²) in [6.45, 7) is 24.2. The Kier molecular flexibility index (Phi) is 19.6. The van der Waals surface area contributed by atoms with Crippen molar-refractivity contribution in [2.45, 2.75) is 152 Å². The van der Waals surface area contributed by atoms with E-state index in [2.05, 4.69) is 57.1 Å². The first-order valence-corrected chi connectivity index (χ1v) is 21.2. The largest absolute Gasteiger partial charge is 0.396 e. The number of hydrogen-bond donors (Lipinski definition) is 4. The van der Waals surface area contributed by atoms with Crippen LogP contribution in [0.1, 0.15) is 149 Å². The Bertz CT molecular complexity index is 1510. The maximum atomic E-state index is 14.4. The first-order valence-electron chi connectivity index (χ1n) is 21.2. The molecule has 1 aliphatic heterocycles. The lowest BCUT2D eigenvalue weighted by Crippen LogP contribution is -2.58. The van der Waals surface area contributed by atoms with E-state index < -0.39 is 23.0 Å². The van der Waals surface area contributed by atoms with Crippen LogP contribution in [0.25, 0.3) is 0 Å². The molecule has 2 amide bonds. The van der Waals surface area contributed by atoms with E-state index in [0.29, 0.717) is 30.5 Å². The van der Waals surface area contributed by atoms with Gasteiger partial charge in [0.25, 0.3) is 0 Å². The molecule has 5 unspecified atom stereocenters. The molecule has 3 rings (SSSR count). The number of rotatable bonds is 22. The average molecular weight is 778 g/mol. The van der Waals surface area contributed by atoms with E-state index >= 15 is 0 Å². The number of nitrogens with one attached hydrogen (secondary N) is 2. The highest BCUT2D eigenvalue weighted by Crippen LogP contribution is 2.49. The number of aliphatic hydroxyl groups is 2. The molecule has 1 saturated heterocycles. The van der Waals surface area contributed by atoms with Crippen LogP contribution >= 0.6 is 0 Å². The molecule has 0 aliphatic carbocycles. The summed E-state index contributed by atoms with van der Waals surface area (Å²) in [6, 6.07) is 15.9. The first-order chi connectivity index (χ1) is 26.4. The molecule has 0 bridgehead atoms. The summed E-state index contributed by atoms with van der Waals surface area (Å²) in [5.74, 6) is -0.596. The van der Waals surface area contributed by atoms with Crippen molar-refractivity contribution < 1.29 is 29.4 Å². The van der Waals surface area contributed by atoms with E-state index in [9.17, 15) is 19.2 Å². The van der Waals surface area contributed by atoms with Crippen LogP contribution in [-0.4, -0.2) is 75.9 Å². The third-order valence-electron chi connectivity index (χ3n) is 12.7. The van der Waals surface area contributed by atoms with Gasteiger partial charge >= 0.3 is 0 Å². The van der Waals surface area contributed by atoms with Crippen molar-refractivity contribution in [3.8, 4) is 0 Å². The summed E-state index contributed by atoms with van der Waals surface area (Å²) in [6.07, 6.45) is 6.27. The molecule has 56 heavy (non-hydrogen) atoms. The van der Waals surface area contributed by atoms with Crippen LogP contribution in [0.5, 0.6) is 0 Å². The maximum Gasteiger partial charge on any atom is 0.238 e. The lowest BCUT2D eigenvalue weighted by molar-refractivity contribution is -0.142. The molecule has 0 spiro atoms. The zero-order valence-electron chi connectivity index (χ0n) is 36.5. The van der Waals surface area contributed by atoms with Crippen LogP contribution < -0.4 is 10.6 Å². The lowest BCUT2D eigenvalue weighted by Gasteiger charge is -2.50. The molecule has 9 nitrogen and oxygen atoms in total. The molecule has 5 atom stereocenters. The van der Waals surface area contributed by atoms with Gasteiger partial charge in [-0.3, -0.25) is 19.2 Å². The van der Waals surface area contributed by atoms with Gasteiger partial charge in [-0.2, -0.15) is 0 Å². The van der Waals surface area contributed by atoms with Crippen LogP contribution in [0.4, 0.5) is 0 Å². The Morgan fingerprint density at radius 2 is 1.45 bits per heavy atom. The normalized spacial score (nSPS) is 16.7. The molecule has 2 aromatic rings. The topological polar surface area (TPSA) is 136 Å². The summed E-state index contributed by atoms with van der Waals surface area (Å²) < 4.78 is 0. The van der Waals surface area contributed by atoms with Gasteiger partial charge in [-0.25, -0.2) is 0 Å². The minimum absolute atomic E-state index is 0.0423. The molecule has 2 aromatic carbocycles. The van der Waals surface area contributed by atoms with E-state index in [1.54, 1.807) is 38.1 Å². The summed E-state index contributed by atoms with van der Waals surface area (Å²) in [4.78, 5) is 56.8. The molecule has 314 valence electrons. The predicted molar refractivity (Wildman–Crippen MR) is 227 cm³/mol. The number of aliphatic hydroxyl groups excluding tert-OH is 1. The number of nitrogens with zero attached hydrogens (tertiary/aromatic N) is 1. The average Bonchev–Trinajstić information content (AvgIpc) is 3.61. The minimum atomic E-state index is -0.714. The number of carbonyl (C=O) groups is 4. The van der Waals surface area contributed by atoms with Crippen molar-refractivity contribution in [3.05, 3.63) is 71.3 Å². The summed E-state index contributed by atoms with van der Waals surface area (Å²) in [5.41, 5.74) is 0.864. The molecular weight excluding hydrogens is 703 g/mol. The van der Waals surface area contributed by atoms with E-state index in [4.69, 9.17) is 10.2 Å². The van der Waals surface area contributed by atoms with E-state index in [1.165, 1.54) is 0 Å². The van der Waals surface area contributed by atoms with Gasteiger partial charge in [0.05, 0.1) is 11.6 Å². The third-order valence-corrected chi connectivity index (χ3v) is 12.7. The number of carbonyl (C=O) groups excluding carboxylic acids is 4. The fourth-order valence-electron chi connectivity index (χ4n) is 8.36. The standard InChI is InChI=1S/C42H63N3O4.C5H12O2/c1-10-33(27-34(41(8,11-2)12-3)45-26-18-21-35(45)46)42(9,13-4)36(38(47)29(6)7)37(43-14-5)40(49)44-28-30-22-24-32(25-23-30)39(48)31-19-16-15-17-20-31;1-5(2,7)3-4-6/h15-17,19-20,22-25,29,33-34,36-37,43H,10-14,18,21,26-28H2,1-9H3,(H,44,49);6-7H,3-4H2,1-2H3. The predicted octanol–water partition coefficient (Wildman–Crippen LogP) is 8.14. The van der Waals surface area contributed by atoms with Gasteiger partial charge in [0.15, 0.2) is 5.78 Å². The summed E-state index contributed by atoms with van der Waals surface area (Å²) in [5, 5.41) is 23.7. The second-order valence-corrected chi connectivity index (χ2v) is 17.2. The van der Waals surface area contributed by atoms with Crippen LogP contribution in [0.3, 0.4) is 0 Å². The van der Waals surface area contributed by atoms with E-state index in [-0.39, 0.29) is 59.8 Å². The number of amides is 2. The Balaban J connectivity index is 0.00000141. The summed E-state index contributed by atoms with van der Waals surface area (Å²) >= 11 is 0. The molecule has 0 saturated carbocycles. The lowest BCUT2D eigenvalue weighted by atomic mass is 9.57.